The lowest BCUT2D eigenvalue weighted by atomic mass is 9.83. The van der Waals surface area contributed by atoms with Crippen LogP contribution < -0.4 is 5.32 Å². The number of pyridine rings is 1. The highest BCUT2D eigenvalue weighted by Crippen LogP contribution is 2.59. The maximum absolute atomic E-state index is 4.68. The van der Waals surface area contributed by atoms with Crippen molar-refractivity contribution in [1.29, 1.82) is 0 Å². The van der Waals surface area contributed by atoms with E-state index in [1.54, 1.807) is 0 Å². The van der Waals surface area contributed by atoms with Gasteiger partial charge in [-0.2, -0.15) is 0 Å². The molecule has 4 aliphatic carbocycles. The molecule has 1 saturated heterocycles. The second-order valence-corrected chi connectivity index (χ2v) is 15.0. The molecule has 1 aromatic rings. The van der Waals surface area contributed by atoms with Crippen molar-refractivity contribution in [1.82, 2.24) is 14.9 Å². The van der Waals surface area contributed by atoms with Crippen LogP contribution in [0, 0.1) is 23.7 Å². The average molecular weight is 440 g/mol. The zero-order valence-electron chi connectivity index (χ0n) is 19.2. The monoisotopic (exact) mass is 439 g/mol. The second-order valence-electron chi connectivity index (χ2n) is 10.5. The Morgan fingerprint density at radius 1 is 0.844 bits per heavy atom. The zero-order valence-corrected chi connectivity index (χ0v) is 20.2. The van der Waals surface area contributed by atoms with Gasteiger partial charge < -0.3 is 4.57 Å². The summed E-state index contributed by atoms with van der Waals surface area (Å²) in [6.07, 6.45) is 28.3. The van der Waals surface area contributed by atoms with Gasteiger partial charge in [0.2, 0.25) is 0 Å². The van der Waals surface area contributed by atoms with Crippen LogP contribution in [-0.4, -0.2) is 36.0 Å². The Morgan fingerprint density at radius 3 is 2.12 bits per heavy atom. The number of hydrogen-bond acceptors (Lipinski definition) is 3. The summed E-state index contributed by atoms with van der Waals surface area (Å²) in [6.45, 7) is 7.62. The van der Waals surface area contributed by atoms with Gasteiger partial charge in [0.25, 0.3) is 0 Å². The van der Waals surface area contributed by atoms with Crippen LogP contribution in [0.25, 0.3) is 5.57 Å². The minimum Gasteiger partial charge on any atom is -0.301 e. The molecule has 0 amide bonds. The lowest BCUT2D eigenvalue weighted by molar-refractivity contribution is 0.338. The highest BCUT2D eigenvalue weighted by Gasteiger charge is 2.59. The highest BCUT2D eigenvalue weighted by molar-refractivity contribution is 6.76. The molecule has 3 nitrogen and oxygen atoms in total. The van der Waals surface area contributed by atoms with Crippen molar-refractivity contribution >= 4 is 13.8 Å². The fourth-order valence-electron chi connectivity index (χ4n) is 7.52. The molecule has 164 valence electrons. The molecule has 2 heterocycles. The molecule has 0 radical (unpaired) electrons. The van der Waals surface area contributed by atoms with Gasteiger partial charge in [-0.25, -0.2) is 0 Å². The van der Waals surface area contributed by atoms with Crippen LogP contribution in [0.15, 0.2) is 91.2 Å². The van der Waals surface area contributed by atoms with Gasteiger partial charge in [0.15, 0.2) is 0 Å². The fraction of sp³-hybridized carbons (Fsp3) is 0.393. The molecule has 5 aliphatic rings. The number of hydrogen-bond donors (Lipinski definition) is 1. The van der Waals surface area contributed by atoms with Crippen LogP contribution in [0.4, 0.5) is 0 Å². The number of fused-ring (bicyclic) bond motifs is 4. The first-order valence-corrected chi connectivity index (χ1v) is 15.1. The van der Waals surface area contributed by atoms with Crippen molar-refractivity contribution in [2.45, 2.75) is 43.8 Å². The number of allylic oxidation sites excluding steroid dienone is 10. The van der Waals surface area contributed by atoms with Crippen LogP contribution in [0.5, 0.6) is 0 Å². The van der Waals surface area contributed by atoms with Gasteiger partial charge in [0.1, 0.15) is 8.24 Å². The summed E-state index contributed by atoms with van der Waals surface area (Å²) >= 11 is 0. The number of rotatable bonds is 3. The van der Waals surface area contributed by atoms with E-state index in [0.717, 1.165) is 5.69 Å². The molecular weight excluding hydrogens is 406 g/mol. The van der Waals surface area contributed by atoms with Crippen LogP contribution >= 0.6 is 0 Å². The van der Waals surface area contributed by atoms with Gasteiger partial charge in [-0.1, -0.05) is 86.0 Å². The second kappa shape index (κ2) is 7.65. The van der Waals surface area contributed by atoms with Crippen LogP contribution in [0.1, 0.15) is 12.6 Å². The van der Waals surface area contributed by atoms with Crippen molar-refractivity contribution in [3.8, 4) is 0 Å². The molecule has 1 saturated carbocycles. The van der Waals surface area contributed by atoms with E-state index in [-0.39, 0.29) is 0 Å². The van der Waals surface area contributed by atoms with Gasteiger partial charge in [0, 0.05) is 12.2 Å². The summed E-state index contributed by atoms with van der Waals surface area (Å²) in [5.74, 6) is 2.54. The lowest BCUT2D eigenvalue weighted by Gasteiger charge is -2.47. The zero-order chi connectivity index (χ0) is 21.9. The molecule has 0 aromatic carbocycles. The minimum atomic E-state index is -1.85. The third-order valence-electron chi connectivity index (χ3n) is 8.58. The first kappa shape index (κ1) is 20.3. The Hall–Kier alpha value is -2.27. The van der Waals surface area contributed by atoms with E-state index in [2.05, 4.69) is 114 Å². The van der Waals surface area contributed by atoms with Crippen molar-refractivity contribution in [3.63, 3.8) is 0 Å². The molecule has 1 N–H and O–H groups in total. The molecule has 4 heteroatoms. The SMILES string of the molecule is C[C@H]1NC2C(c3ccccn3)=CC=C[C@H]2N1[Si](C)(C)C1C2C=CC=CC2C2C=CC=CC21. The van der Waals surface area contributed by atoms with E-state index in [1.165, 1.54) is 5.57 Å². The van der Waals surface area contributed by atoms with Crippen molar-refractivity contribution in [3.05, 3.63) is 96.9 Å². The standard InChI is InChI=1S/C28H33N3Si/c1-19-30-27-24(25-16-8-9-18-29-25)15-10-17-26(27)31(19)32(2,3)28-22-13-6-4-11-20(22)21-12-5-7-14-23(21)28/h4-23,26-28,30H,1-3H3/t19-,20?,21?,22?,23?,26+,27?,28?/m0/s1. The summed E-state index contributed by atoms with van der Waals surface area (Å²) < 4.78 is 2.90. The third-order valence-corrected chi connectivity index (χ3v) is 13.0. The molecule has 0 spiro atoms. The third kappa shape index (κ3) is 2.97. The van der Waals surface area contributed by atoms with E-state index in [1.807, 2.05) is 12.3 Å². The van der Waals surface area contributed by atoms with E-state index in [9.17, 15) is 0 Å². The summed E-state index contributed by atoms with van der Waals surface area (Å²) in [5, 5.41) is 3.97. The first-order valence-electron chi connectivity index (χ1n) is 12.1. The Kier molecular flexibility index (Phi) is 4.86. The Balaban J connectivity index is 1.37. The molecule has 6 rings (SSSR count). The predicted octanol–water partition coefficient (Wildman–Crippen LogP) is 5.33. The molecule has 32 heavy (non-hydrogen) atoms. The molecule has 2 fully saturated rings. The first-order chi connectivity index (χ1) is 15.6. The van der Waals surface area contributed by atoms with Crippen LogP contribution in [0.3, 0.4) is 0 Å². The summed E-state index contributed by atoms with van der Waals surface area (Å²) in [6, 6.07) is 6.92. The molecular formula is C28H33N3Si. The average Bonchev–Trinajstić information content (AvgIpc) is 3.34. The van der Waals surface area contributed by atoms with E-state index in [4.69, 9.17) is 0 Å². The maximum atomic E-state index is 4.68. The lowest BCUT2D eigenvalue weighted by Crippen LogP contribution is -2.59. The Morgan fingerprint density at radius 2 is 1.50 bits per heavy atom. The van der Waals surface area contributed by atoms with Crippen molar-refractivity contribution in [2.75, 3.05) is 0 Å². The molecule has 0 bridgehead atoms. The predicted molar refractivity (Wildman–Crippen MR) is 135 cm³/mol. The maximum Gasteiger partial charge on any atom is 0.129 e. The molecule has 5 unspecified atom stereocenters. The van der Waals surface area contributed by atoms with Crippen LogP contribution in [0.2, 0.25) is 18.6 Å². The van der Waals surface area contributed by atoms with Crippen molar-refractivity contribution in [2.24, 2.45) is 23.7 Å². The van der Waals surface area contributed by atoms with Gasteiger partial charge in [-0.05, 0) is 53.8 Å². The fourth-order valence-corrected chi connectivity index (χ4v) is 12.5. The summed E-state index contributed by atoms with van der Waals surface area (Å²) in [4.78, 5) is 4.68. The van der Waals surface area contributed by atoms with E-state index in [0.29, 0.717) is 47.5 Å². The quantitative estimate of drug-likeness (QED) is 0.645. The van der Waals surface area contributed by atoms with Crippen LogP contribution in [-0.2, 0) is 0 Å². The smallest absolute Gasteiger partial charge is 0.129 e. The topological polar surface area (TPSA) is 28.2 Å². The highest BCUT2D eigenvalue weighted by atomic mass is 28.3. The summed E-state index contributed by atoms with van der Waals surface area (Å²) in [7, 11) is -1.85. The number of nitrogens with one attached hydrogen (secondary N) is 1. The Labute approximate surface area is 193 Å². The van der Waals surface area contributed by atoms with Gasteiger partial charge in [-0.15, -0.1) is 0 Å². The minimum absolute atomic E-state index is 0.299. The Bertz CT molecular complexity index is 1030. The van der Waals surface area contributed by atoms with Crippen molar-refractivity contribution < 1.29 is 0 Å². The normalized spacial score (nSPS) is 39.7. The van der Waals surface area contributed by atoms with E-state index < -0.39 is 8.24 Å². The van der Waals surface area contributed by atoms with E-state index >= 15 is 0 Å². The molecule has 1 aromatic heterocycles. The van der Waals surface area contributed by atoms with Gasteiger partial charge >= 0.3 is 0 Å². The molecule has 1 aliphatic heterocycles. The van der Waals surface area contributed by atoms with Gasteiger partial charge in [-0.3, -0.25) is 10.3 Å². The number of aromatic nitrogens is 1. The molecule has 7 atom stereocenters. The van der Waals surface area contributed by atoms with Gasteiger partial charge in [0.05, 0.1) is 17.9 Å². The largest absolute Gasteiger partial charge is 0.301 e. The number of nitrogens with zero attached hydrogens (tertiary/aromatic N) is 2. The summed E-state index contributed by atoms with van der Waals surface area (Å²) in [5.41, 5.74) is 3.11.